The summed E-state index contributed by atoms with van der Waals surface area (Å²) < 4.78 is 17.3. The van der Waals surface area contributed by atoms with Gasteiger partial charge in [-0.15, -0.1) is 11.3 Å². The van der Waals surface area contributed by atoms with Gasteiger partial charge in [-0.3, -0.25) is 14.8 Å². The first-order valence-corrected chi connectivity index (χ1v) is 13.1. The summed E-state index contributed by atoms with van der Waals surface area (Å²) in [7, 11) is 1.59. The van der Waals surface area contributed by atoms with Gasteiger partial charge in [-0.05, 0) is 48.2 Å². The van der Waals surface area contributed by atoms with Crippen LogP contribution in [0.2, 0.25) is 0 Å². The molecular weight excluding hydrogens is 488 g/mol. The van der Waals surface area contributed by atoms with Crippen molar-refractivity contribution < 1.29 is 19.0 Å². The summed E-state index contributed by atoms with van der Waals surface area (Å²) in [6.45, 7) is 6.50. The maximum atomic E-state index is 13.2. The SMILES string of the molecule is COc1c(OCCN2CCOCC2)ccc(C=Cc2n[nH]c3ccccc23)c1NC(=O)c1sccc1C. The number of carbonyl (C=O) groups excluding carboxylic acids is 1. The van der Waals surface area contributed by atoms with E-state index in [4.69, 9.17) is 14.2 Å². The number of nitrogens with zero attached hydrogens (tertiary/aromatic N) is 2. The van der Waals surface area contributed by atoms with Crippen LogP contribution in [-0.4, -0.2) is 67.6 Å². The molecule has 9 heteroatoms. The number of hydrogen-bond acceptors (Lipinski definition) is 7. The van der Waals surface area contributed by atoms with Gasteiger partial charge in [0, 0.05) is 30.6 Å². The van der Waals surface area contributed by atoms with E-state index in [-0.39, 0.29) is 5.91 Å². The quantitative estimate of drug-likeness (QED) is 0.321. The molecule has 0 spiro atoms. The van der Waals surface area contributed by atoms with Gasteiger partial charge in [-0.1, -0.05) is 24.3 Å². The Hall–Kier alpha value is -3.66. The van der Waals surface area contributed by atoms with Crippen molar-refractivity contribution in [3.63, 3.8) is 0 Å². The van der Waals surface area contributed by atoms with E-state index in [0.717, 1.165) is 60.6 Å². The number of amides is 1. The van der Waals surface area contributed by atoms with E-state index >= 15 is 0 Å². The third-order valence-electron chi connectivity index (χ3n) is 6.35. The van der Waals surface area contributed by atoms with Gasteiger partial charge in [-0.25, -0.2) is 0 Å². The number of para-hydroxylation sites is 1. The lowest BCUT2D eigenvalue weighted by atomic mass is 10.1. The molecule has 0 saturated carbocycles. The van der Waals surface area contributed by atoms with Gasteiger partial charge in [0.15, 0.2) is 11.5 Å². The number of rotatable bonds is 9. The molecule has 37 heavy (non-hydrogen) atoms. The van der Waals surface area contributed by atoms with Crippen LogP contribution < -0.4 is 14.8 Å². The summed E-state index contributed by atoms with van der Waals surface area (Å²) in [5.74, 6) is 0.881. The highest BCUT2D eigenvalue weighted by atomic mass is 32.1. The lowest BCUT2D eigenvalue weighted by molar-refractivity contribution is 0.0321. The molecule has 192 valence electrons. The van der Waals surface area contributed by atoms with Crippen molar-refractivity contribution in [2.75, 3.05) is 51.9 Å². The summed E-state index contributed by atoms with van der Waals surface area (Å²) in [5, 5.41) is 13.5. The fraction of sp³-hybridized carbons (Fsp3) is 0.286. The number of aromatic amines is 1. The Morgan fingerprint density at radius 1 is 1.19 bits per heavy atom. The first kappa shape index (κ1) is 25.0. The van der Waals surface area contributed by atoms with E-state index in [1.807, 2.05) is 66.9 Å². The maximum absolute atomic E-state index is 13.2. The van der Waals surface area contributed by atoms with Crippen LogP contribution in [0.15, 0.2) is 47.8 Å². The number of aryl methyl sites for hydroxylation is 1. The minimum absolute atomic E-state index is 0.184. The number of methoxy groups -OCH3 is 1. The van der Waals surface area contributed by atoms with Crippen LogP contribution in [0.4, 0.5) is 5.69 Å². The number of fused-ring (bicyclic) bond motifs is 1. The molecule has 0 bridgehead atoms. The number of anilines is 1. The summed E-state index contributed by atoms with van der Waals surface area (Å²) >= 11 is 1.41. The number of nitrogens with one attached hydrogen (secondary N) is 2. The van der Waals surface area contributed by atoms with Gasteiger partial charge in [0.2, 0.25) is 0 Å². The van der Waals surface area contributed by atoms with Gasteiger partial charge in [0.05, 0.1) is 42.1 Å². The van der Waals surface area contributed by atoms with Gasteiger partial charge < -0.3 is 19.5 Å². The normalized spacial score (nSPS) is 14.3. The number of ether oxygens (including phenoxy) is 3. The number of morpholine rings is 1. The van der Waals surface area contributed by atoms with Crippen LogP contribution in [0.5, 0.6) is 11.5 Å². The van der Waals surface area contributed by atoms with Gasteiger partial charge in [-0.2, -0.15) is 5.10 Å². The Morgan fingerprint density at radius 3 is 2.81 bits per heavy atom. The number of aromatic nitrogens is 2. The van der Waals surface area contributed by atoms with Crippen LogP contribution in [0.3, 0.4) is 0 Å². The van der Waals surface area contributed by atoms with Crippen molar-refractivity contribution in [1.29, 1.82) is 0 Å². The van der Waals surface area contributed by atoms with E-state index in [1.54, 1.807) is 7.11 Å². The van der Waals surface area contributed by atoms with Crippen LogP contribution in [-0.2, 0) is 4.74 Å². The lowest BCUT2D eigenvalue weighted by Crippen LogP contribution is -2.38. The minimum atomic E-state index is -0.184. The van der Waals surface area contributed by atoms with Crippen molar-refractivity contribution in [1.82, 2.24) is 15.1 Å². The first-order chi connectivity index (χ1) is 18.1. The Morgan fingerprint density at radius 2 is 2.03 bits per heavy atom. The predicted molar refractivity (Wildman–Crippen MR) is 148 cm³/mol. The molecule has 3 heterocycles. The monoisotopic (exact) mass is 518 g/mol. The topological polar surface area (TPSA) is 88.7 Å². The molecule has 0 aliphatic carbocycles. The van der Waals surface area contributed by atoms with Crippen molar-refractivity contribution in [3.05, 3.63) is 69.5 Å². The Labute approximate surface area is 219 Å². The van der Waals surface area contributed by atoms with E-state index in [2.05, 4.69) is 20.4 Å². The predicted octanol–water partition coefficient (Wildman–Crippen LogP) is 5.08. The number of hydrogen-bond donors (Lipinski definition) is 2. The van der Waals surface area contributed by atoms with Crippen molar-refractivity contribution in [3.8, 4) is 11.5 Å². The zero-order valence-corrected chi connectivity index (χ0v) is 21.8. The third kappa shape index (κ3) is 5.69. The molecule has 0 radical (unpaired) electrons. The second-order valence-corrected chi connectivity index (χ2v) is 9.65. The summed E-state index contributed by atoms with van der Waals surface area (Å²) in [6, 6.07) is 13.7. The van der Waals surface area contributed by atoms with Crippen LogP contribution in [0, 0.1) is 6.92 Å². The molecule has 1 amide bonds. The largest absolute Gasteiger partial charge is 0.491 e. The average Bonchev–Trinajstić information content (AvgIpc) is 3.55. The zero-order valence-electron chi connectivity index (χ0n) is 21.0. The van der Waals surface area contributed by atoms with Gasteiger partial charge >= 0.3 is 0 Å². The number of carbonyl (C=O) groups is 1. The molecular formula is C28H30N4O4S. The van der Waals surface area contributed by atoms with E-state index in [9.17, 15) is 4.79 Å². The van der Waals surface area contributed by atoms with Crippen molar-refractivity contribution in [2.24, 2.45) is 0 Å². The molecule has 8 nitrogen and oxygen atoms in total. The summed E-state index contributed by atoms with van der Waals surface area (Å²) in [5.41, 5.74) is 4.05. The van der Waals surface area contributed by atoms with Crippen molar-refractivity contribution in [2.45, 2.75) is 6.92 Å². The van der Waals surface area contributed by atoms with E-state index in [1.165, 1.54) is 11.3 Å². The molecule has 4 aromatic rings. The van der Waals surface area contributed by atoms with Crippen LogP contribution >= 0.6 is 11.3 Å². The smallest absolute Gasteiger partial charge is 0.266 e. The standard InChI is InChI=1S/C28H30N4O4S/c1-19-11-18-37-27(19)28(33)29-25-20(7-9-23-21-5-3-4-6-22(21)30-31-23)8-10-24(26(25)34-2)36-17-14-32-12-15-35-16-13-32/h3-11,18H,12-17H2,1-2H3,(H,29,33)(H,30,31). The van der Waals surface area contributed by atoms with Gasteiger partial charge in [0.25, 0.3) is 5.91 Å². The molecule has 2 aromatic heterocycles. The fourth-order valence-corrected chi connectivity index (χ4v) is 5.15. The second-order valence-electron chi connectivity index (χ2n) is 8.74. The average molecular weight is 519 g/mol. The van der Waals surface area contributed by atoms with E-state index < -0.39 is 0 Å². The lowest BCUT2D eigenvalue weighted by Gasteiger charge is -2.26. The third-order valence-corrected chi connectivity index (χ3v) is 7.37. The maximum Gasteiger partial charge on any atom is 0.266 e. The highest BCUT2D eigenvalue weighted by Gasteiger charge is 2.20. The molecule has 0 unspecified atom stereocenters. The minimum Gasteiger partial charge on any atom is -0.491 e. The summed E-state index contributed by atoms with van der Waals surface area (Å²) in [6.07, 6.45) is 3.86. The Bertz CT molecular complexity index is 1400. The zero-order chi connectivity index (χ0) is 25.6. The molecule has 1 fully saturated rings. The molecule has 5 rings (SSSR count). The molecule has 0 atom stereocenters. The molecule has 1 saturated heterocycles. The van der Waals surface area contributed by atoms with Gasteiger partial charge in [0.1, 0.15) is 6.61 Å². The molecule has 1 aliphatic rings. The summed E-state index contributed by atoms with van der Waals surface area (Å²) in [4.78, 5) is 16.2. The Kier molecular flexibility index (Phi) is 7.84. The number of thiophene rings is 1. The van der Waals surface area contributed by atoms with Crippen LogP contribution in [0.1, 0.15) is 26.5 Å². The highest BCUT2D eigenvalue weighted by molar-refractivity contribution is 7.12. The number of benzene rings is 2. The fourth-order valence-electron chi connectivity index (χ4n) is 4.33. The molecule has 2 N–H and O–H groups in total. The highest BCUT2D eigenvalue weighted by Crippen LogP contribution is 2.39. The van der Waals surface area contributed by atoms with E-state index in [0.29, 0.717) is 28.7 Å². The second kappa shape index (κ2) is 11.6. The molecule has 1 aliphatic heterocycles. The van der Waals surface area contributed by atoms with Crippen molar-refractivity contribution >= 4 is 46.0 Å². The molecule has 2 aromatic carbocycles. The number of H-pyrrole nitrogens is 1. The first-order valence-electron chi connectivity index (χ1n) is 12.2. The Balaban J connectivity index is 1.44. The van der Waals surface area contributed by atoms with Crippen LogP contribution in [0.25, 0.3) is 23.1 Å².